The topological polar surface area (TPSA) is 85.1 Å². The molecule has 2 aromatic heterocycles. The highest BCUT2D eigenvalue weighted by atomic mass is 16.2. The standard InChI is InChI=1S/C35H26N4O3/c40-33(25-5-13-29(14-6-25)36-34(41)27-9-17-31(18-10-27)38-21-1-2-22-38)26-7-15-30(16-8-26)37-35(42)28-11-19-32(20-12-28)39-23-3-4-24-39/h1-24H,(H,36,41)(H,37,42). The molecule has 2 heterocycles. The van der Waals surface area contributed by atoms with Gasteiger partial charge in [0.2, 0.25) is 0 Å². The molecule has 2 amide bonds. The summed E-state index contributed by atoms with van der Waals surface area (Å²) in [6.45, 7) is 0. The molecule has 7 nitrogen and oxygen atoms in total. The second kappa shape index (κ2) is 11.7. The molecule has 204 valence electrons. The van der Waals surface area contributed by atoms with Gasteiger partial charge in [-0.25, -0.2) is 0 Å². The van der Waals surface area contributed by atoms with Crippen LogP contribution in [0.25, 0.3) is 11.4 Å². The molecule has 2 N–H and O–H groups in total. The van der Waals surface area contributed by atoms with Crippen molar-refractivity contribution in [2.45, 2.75) is 0 Å². The summed E-state index contributed by atoms with van der Waals surface area (Å²) in [4.78, 5) is 38.4. The number of nitrogens with one attached hydrogen (secondary N) is 2. The van der Waals surface area contributed by atoms with Crippen molar-refractivity contribution in [2.24, 2.45) is 0 Å². The predicted molar refractivity (Wildman–Crippen MR) is 164 cm³/mol. The van der Waals surface area contributed by atoms with Gasteiger partial charge >= 0.3 is 0 Å². The number of amides is 2. The molecule has 0 fully saturated rings. The van der Waals surface area contributed by atoms with Crippen molar-refractivity contribution in [3.8, 4) is 11.4 Å². The Bertz CT molecular complexity index is 1680. The highest BCUT2D eigenvalue weighted by molar-refractivity contribution is 6.10. The van der Waals surface area contributed by atoms with Crippen LogP contribution >= 0.6 is 0 Å². The Balaban J connectivity index is 1.05. The van der Waals surface area contributed by atoms with Crippen molar-refractivity contribution in [1.29, 1.82) is 0 Å². The number of ketones is 1. The molecule has 0 saturated carbocycles. The molecule has 42 heavy (non-hydrogen) atoms. The van der Waals surface area contributed by atoms with Gasteiger partial charge in [0.05, 0.1) is 0 Å². The zero-order valence-corrected chi connectivity index (χ0v) is 22.5. The zero-order chi connectivity index (χ0) is 28.9. The Morgan fingerprint density at radius 1 is 0.405 bits per heavy atom. The van der Waals surface area contributed by atoms with E-state index in [1.54, 1.807) is 72.8 Å². The summed E-state index contributed by atoms with van der Waals surface area (Å²) in [6.07, 6.45) is 7.77. The lowest BCUT2D eigenvalue weighted by atomic mass is 10.0. The summed E-state index contributed by atoms with van der Waals surface area (Å²) in [5.74, 6) is -0.628. The van der Waals surface area contributed by atoms with Crippen molar-refractivity contribution in [3.05, 3.63) is 168 Å². The van der Waals surface area contributed by atoms with E-state index < -0.39 is 0 Å². The number of carbonyl (C=O) groups is 3. The first-order valence-corrected chi connectivity index (χ1v) is 13.4. The molecule has 0 aliphatic rings. The Kier molecular flexibility index (Phi) is 7.29. The number of hydrogen-bond donors (Lipinski definition) is 2. The Morgan fingerprint density at radius 3 is 1.05 bits per heavy atom. The predicted octanol–water partition coefficient (Wildman–Crippen LogP) is 7.00. The maximum atomic E-state index is 13.0. The van der Waals surface area contributed by atoms with Crippen LogP contribution < -0.4 is 10.6 Å². The normalized spacial score (nSPS) is 10.7. The lowest BCUT2D eigenvalue weighted by molar-refractivity contribution is 0.101. The smallest absolute Gasteiger partial charge is 0.255 e. The average molecular weight is 551 g/mol. The summed E-state index contributed by atoms with van der Waals surface area (Å²) >= 11 is 0. The third-order valence-corrected chi connectivity index (χ3v) is 6.87. The van der Waals surface area contributed by atoms with Gasteiger partial charge in [-0.05, 0) is 121 Å². The van der Waals surface area contributed by atoms with E-state index in [4.69, 9.17) is 0 Å². The van der Waals surface area contributed by atoms with E-state index in [1.165, 1.54) is 0 Å². The van der Waals surface area contributed by atoms with Crippen LogP contribution in [0.15, 0.2) is 146 Å². The Morgan fingerprint density at radius 2 is 0.714 bits per heavy atom. The molecule has 0 aliphatic heterocycles. The highest BCUT2D eigenvalue weighted by Crippen LogP contribution is 2.19. The van der Waals surface area contributed by atoms with Crippen LogP contribution in [-0.4, -0.2) is 26.7 Å². The Hall–Kier alpha value is -5.95. The molecule has 7 heteroatoms. The number of carbonyl (C=O) groups excluding carboxylic acids is 3. The van der Waals surface area contributed by atoms with Crippen molar-refractivity contribution < 1.29 is 14.4 Å². The van der Waals surface area contributed by atoms with Gasteiger partial charge < -0.3 is 19.8 Å². The van der Waals surface area contributed by atoms with Crippen LogP contribution in [0.1, 0.15) is 36.6 Å². The molecule has 0 atom stereocenters. The fourth-order valence-corrected chi connectivity index (χ4v) is 4.57. The van der Waals surface area contributed by atoms with Gasteiger partial charge in [0.1, 0.15) is 0 Å². The quantitative estimate of drug-likeness (QED) is 0.200. The van der Waals surface area contributed by atoms with Crippen LogP contribution in [0.3, 0.4) is 0 Å². The highest BCUT2D eigenvalue weighted by Gasteiger charge is 2.12. The molecule has 6 aromatic rings. The number of rotatable bonds is 8. The van der Waals surface area contributed by atoms with Gasteiger partial charge in [-0.1, -0.05) is 0 Å². The minimum absolute atomic E-state index is 0.160. The average Bonchev–Trinajstić information content (AvgIpc) is 3.77. The summed E-state index contributed by atoms with van der Waals surface area (Å²) in [7, 11) is 0. The third-order valence-electron chi connectivity index (χ3n) is 6.87. The fourth-order valence-electron chi connectivity index (χ4n) is 4.57. The monoisotopic (exact) mass is 550 g/mol. The van der Waals surface area contributed by atoms with Gasteiger partial charge in [-0.15, -0.1) is 0 Å². The first-order valence-electron chi connectivity index (χ1n) is 13.4. The number of benzene rings is 4. The van der Waals surface area contributed by atoms with Crippen molar-refractivity contribution in [3.63, 3.8) is 0 Å². The van der Waals surface area contributed by atoms with Crippen LogP contribution in [-0.2, 0) is 0 Å². The Labute approximate surface area is 242 Å². The van der Waals surface area contributed by atoms with E-state index in [2.05, 4.69) is 10.6 Å². The molecule has 0 saturated heterocycles. The minimum atomic E-state index is -0.234. The van der Waals surface area contributed by atoms with Gasteiger partial charge in [-0.2, -0.15) is 0 Å². The third kappa shape index (κ3) is 5.80. The summed E-state index contributed by atoms with van der Waals surface area (Å²) in [5, 5.41) is 5.74. The summed E-state index contributed by atoms with van der Waals surface area (Å²) in [5.41, 5.74) is 5.16. The molecular formula is C35H26N4O3. The lowest BCUT2D eigenvalue weighted by Gasteiger charge is -2.09. The van der Waals surface area contributed by atoms with E-state index >= 15 is 0 Å². The van der Waals surface area contributed by atoms with E-state index in [0.717, 1.165) is 11.4 Å². The SMILES string of the molecule is O=C(Nc1ccc(C(=O)c2ccc(NC(=O)c3ccc(-n4cccc4)cc3)cc2)cc1)c1ccc(-n2cccc2)cc1. The molecule has 0 radical (unpaired) electrons. The van der Waals surface area contributed by atoms with E-state index in [0.29, 0.717) is 33.6 Å². The molecular weight excluding hydrogens is 524 g/mol. The lowest BCUT2D eigenvalue weighted by Crippen LogP contribution is -2.12. The zero-order valence-electron chi connectivity index (χ0n) is 22.5. The molecule has 4 aromatic carbocycles. The molecule has 0 bridgehead atoms. The molecule has 0 unspecified atom stereocenters. The minimum Gasteiger partial charge on any atom is -0.324 e. The first-order chi connectivity index (χ1) is 20.5. The van der Waals surface area contributed by atoms with Crippen molar-refractivity contribution in [1.82, 2.24) is 9.13 Å². The van der Waals surface area contributed by atoms with Crippen LogP contribution in [0.4, 0.5) is 11.4 Å². The summed E-state index contributed by atoms with van der Waals surface area (Å²) < 4.78 is 3.93. The van der Waals surface area contributed by atoms with E-state index in [9.17, 15) is 14.4 Å². The molecule has 6 rings (SSSR count). The maximum Gasteiger partial charge on any atom is 0.255 e. The second-order valence-corrected chi connectivity index (χ2v) is 9.67. The van der Waals surface area contributed by atoms with Crippen molar-refractivity contribution >= 4 is 29.0 Å². The van der Waals surface area contributed by atoms with Gasteiger partial charge in [-0.3, -0.25) is 14.4 Å². The van der Waals surface area contributed by atoms with Crippen LogP contribution in [0.2, 0.25) is 0 Å². The number of aromatic nitrogens is 2. The number of hydrogen-bond acceptors (Lipinski definition) is 3. The fraction of sp³-hybridized carbons (Fsp3) is 0. The van der Waals surface area contributed by atoms with Gasteiger partial charge in [0, 0.05) is 69.8 Å². The van der Waals surface area contributed by atoms with Crippen LogP contribution in [0.5, 0.6) is 0 Å². The van der Waals surface area contributed by atoms with Gasteiger partial charge in [0.15, 0.2) is 5.78 Å². The second-order valence-electron chi connectivity index (χ2n) is 9.67. The van der Waals surface area contributed by atoms with E-state index in [1.807, 2.05) is 82.5 Å². The largest absolute Gasteiger partial charge is 0.324 e. The first kappa shape index (κ1) is 26.3. The number of nitrogens with zero attached hydrogens (tertiary/aromatic N) is 2. The summed E-state index contributed by atoms with van der Waals surface area (Å²) in [6, 6.07) is 35.9. The molecule has 0 spiro atoms. The van der Waals surface area contributed by atoms with Gasteiger partial charge in [0.25, 0.3) is 11.8 Å². The van der Waals surface area contributed by atoms with E-state index in [-0.39, 0.29) is 17.6 Å². The van der Waals surface area contributed by atoms with Crippen LogP contribution in [0, 0.1) is 0 Å². The maximum absolute atomic E-state index is 13.0. The molecule has 0 aliphatic carbocycles. The van der Waals surface area contributed by atoms with Crippen molar-refractivity contribution in [2.75, 3.05) is 10.6 Å². The number of anilines is 2.